The molecule has 0 aliphatic carbocycles. The van der Waals surface area contributed by atoms with E-state index in [0.717, 1.165) is 0 Å². The second kappa shape index (κ2) is 2.51. The van der Waals surface area contributed by atoms with Crippen LogP contribution in [0.3, 0.4) is 0 Å². The Morgan fingerprint density at radius 1 is 1.45 bits per heavy atom. The normalized spacial score (nSPS) is 19.5. The van der Waals surface area contributed by atoms with Crippen molar-refractivity contribution in [1.82, 2.24) is 0 Å². The van der Waals surface area contributed by atoms with Gasteiger partial charge in [0.1, 0.15) is 0 Å². The Bertz CT molecular complexity index is 241. The zero-order valence-corrected chi connectivity index (χ0v) is 6.83. The molecule has 0 aromatic rings. The summed E-state index contributed by atoms with van der Waals surface area (Å²) < 4.78 is 48.2. The maximum Gasteiger partial charge on any atom is 0.331 e. The fraction of sp³-hybridized carbons (Fsp3) is 1.00. The number of alkyl halides is 3. The van der Waals surface area contributed by atoms with Gasteiger partial charge in [-0.1, -0.05) is 11.6 Å². The Kier molecular flexibility index (Phi) is 2.52. The summed E-state index contributed by atoms with van der Waals surface area (Å²) in [7, 11) is -5.39. The summed E-state index contributed by atoms with van der Waals surface area (Å²) >= 11 is 4.46. The first-order valence-corrected chi connectivity index (χ1v) is 4.08. The van der Waals surface area contributed by atoms with Gasteiger partial charge >= 0.3 is 20.4 Å². The standard InChI is InChI=1S/C3H5ClF2O4S/c1-2(5,6)3(4,7)11(8,9)10/h7H,1H3,(H,8,9,10). The Morgan fingerprint density at radius 2 is 1.73 bits per heavy atom. The highest BCUT2D eigenvalue weighted by Crippen LogP contribution is 2.35. The van der Waals surface area contributed by atoms with Crippen molar-refractivity contribution < 1.29 is 26.9 Å². The second-order valence-electron chi connectivity index (χ2n) is 1.92. The molecule has 0 rings (SSSR count). The Morgan fingerprint density at radius 3 is 1.73 bits per heavy atom. The van der Waals surface area contributed by atoms with Crippen molar-refractivity contribution in [2.75, 3.05) is 0 Å². The van der Waals surface area contributed by atoms with E-state index in [1.165, 1.54) is 0 Å². The van der Waals surface area contributed by atoms with Gasteiger partial charge in [-0.15, -0.1) is 0 Å². The zero-order valence-electron chi connectivity index (χ0n) is 5.25. The van der Waals surface area contributed by atoms with Crippen LogP contribution in [-0.4, -0.2) is 28.4 Å². The first-order valence-electron chi connectivity index (χ1n) is 2.26. The summed E-state index contributed by atoms with van der Waals surface area (Å²) in [6, 6.07) is 0. The highest BCUT2D eigenvalue weighted by atomic mass is 35.5. The third kappa shape index (κ3) is 1.98. The molecule has 0 aliphatic rings. The largest absolute Gasteiger partial charge is 0.356 e. The lowest BCUT2D eigenvalue weighted by atomic mass is 10.4. The van der Waals surface area contributed by atoms with Crippen LogP contribution in [0, 0.1) is 0 Å². The monoisotopic (exact) mass is 210 g/mol. The van der Waals surface area contributed by atoms with Gasteiger partial charge < -0.3 is 5.11 Å². The van der Waals surface area contributed by atoms with Gasteiger partial charge in [0.25, 0.3) is 0 Å². The predicted molar refractivity (Wildman–Crippen MR) is 33.0 cm³/mol. The smallest absolute Gasteiger partial charge is 0.331 e. The molecule has 0 aromatic heterocycles. The molecule has 0 saturated heterocycles. The molecule has 8 heteroatoms. The lowest BCUT2D eigenvalue weighted by Gasteiger charge is -2.23. The van der Waals surface area contributed by atoms with Crippen LogP contribution in [0.25, 0.3) is 0 Å². The van der Waals surface area contributed by atoms with Crippen LogP contribution >= 0.6 is 11.6 Å². The molecule has 0 radical (unpaired) electrons. The molecule has 0 aromatic carbocycles. The van der Waals surface area contributed by atoms with Crippen LogP contribution in [0.2, 0.25) is 0 Å². The molecule has 0 aliphatic heterocycles. The topological polar surface area (TPSA) is 74.6 Å². The molecule has 11 heavy (non-hydrogen) atoms. The molecule has 0 fully saturated rings. The van der Waals surface area contributed by atoms with Gasteiger partial charge in [0.2, 0.25) is 0 Å². The second-order valence-corrected chi connectivity index (χ2v) is 4.24. The van der Waals surface area contributed by atoms with E-state index >= 15 is 0 Å². The van der Waals surface area contributed by atoms with Crippen molar-refractivity contribution >= 4 is 21.7 Å². The quantitative estimate of drug-likeness (QED) is 0.512. The van der Waals surface area contributed by atoms with Crippen molar-refractivity contribution in [3.05, 3.63) is 0 Å². The van der Waals surface area contributed by atoms with E-state index in [-0.39, 0.29) is 6.92 Å². The third-order valence-electron chi connectivity index (χ3n) is 0.883. The van der Waals surface area contributed by atoms with E-state index in [1.54, 1.807) is 0 Å². The zero-order chi connectivity index (χ0) is 9.50. The first-order chi connectivity index (χ1) is 4.50. The average molecular weight is 211 g/mol. The van der Waals surface area contributed by atoms with Crippen LogP contribution < -0.4 is 0 Å². The summed E-state index contributed by atoms with van der Waals surface area (Å²) in [5, 5.41) is 8.36. The van der Waals surface area contributed by atoms with E-state index in [4.69, 9.17) is 9.66 Å². The summed E-state index contributed by atoms with van der Waals surface area (Å²) in [4.78, 5) is 0. The highest BCUT2D eigenvalue weighted by molar-refractivity contribution is 7.88. The van der Waals surface area contributed by atoms with E-state index in [0.29, 0.717) is 0 Å². The Balaban J connectivity index is 5.08. The molecule has 4 nitrogen and oxygen atoms in total. The molecule has 1 unspecified atom stereocenters. The lowest BCUT2D eigenvalue weighted by molar-refractivity contribution is -0.0799. The lowest BCUT2D eigenvalue weighted by Crippen LogP contribution is -2.47. The van der Waals surface area contributed by atoms with Crippen LogP contribution in [0.15, 0.2) is 0 Å². The van der Waals surface area contributed by atoms with E-state index in [1.807, 2.05) is 0 Å². The van der Waals surface area contributed by atoms with Crippen molar-refractivity contribution in [3.8, 4) is 0 Å². The fourth-order valence-corrected chi connectivity index (χ4v) is 0.679. The van der Waals surface area contributed by atoms with E-state index in [9.17, 15) is 17.2 Å². The molecule has 0 spiro atoms. The molecule has 0 amide bonds. The molecule has 0 heterocycles. The SMILES string of the molecule is CC(F)(F)C(O)(Cl)S(=O)(=O)O. The summed E-state index contributed by atoms with van der Waals surface area (Å²) in [6.45, 7) is 0.0633. The van der Waals surface area contributed by atoms with Crippen LogP contribution in [0.1, 0.15) is 6.92 Å². The third-order valence-corrected chi connectivity index (χ3v) is 2.84. The minimum absolute atomic E-state index is 0.0633. The summed E-state index contributed by atoms with van der Waals surface area (Å²) in [5.41, 5.74) is 0. The Hall–Kier alpha value is 0.0200. The van der Waals surface area contributed by atoms with Gasteiger partial charge in [-0.3, -0.25) is 4.55 Å². The van der Waals surface area contributed by atoms with Gasteiger partial charge in [-0.2, -0.15) is 8.42 Å². The van der Waals surface area contributed by atoms with Gasteiger partial charge in [0, 0.05) is 6.92 Å². The molecule has 1 atom stereocenters. The van der Waals surface area contributed by atoms with Crippen molar-refractivity contribution in [2.24, 2.45) is 0 Å². The molecular weight excluding hydrogens is 206 g/mol. The average Bonchev–Trinajstić information content (AvgIpc) is 1.58. The minimum atomic E-state index is -5.39. The van der Waals surface area contributed by atoms with Gasteiger partial charge in [-0.05, 0) is 0 Å². The van der Waals surface area contributed by atoms with Crippen LogP contribution in [0.4, 0.5) is 8.78 Å². The maximum absolute atomic E-state index is 12.1. The van der Waals surface area contributed by atoms with Gasteiger partial charge in [0.15, 0.2) is 0 Å². The summed E-state index contributed by atoms with van der Waals surface area (Å²) in [6.07, 6.45) is 0. The van der Waals surface area contributed by atoms with E-state index in [2.05, 4.69) is 11.6 Å². The predicted octanol–water partition coefficient (Wildman–Crippen LogP) is 0.414. The fourth-order valence-electron chi connectivity index (χ4n) is 0.226. The van der Waals surface area contributed by atoms with Crippen LogP contribution in [-0.2, 0) is 10.1 Å². The summed E-state index contributed by atoms with van der Waals surface area (Å²) in [5.74, 6) is -4.14. The minimum Gasteiger partial charge on any atom is -0.356 e. The number of aliphatic hydroxyl groups is 1. The number of hydrogen-bond donors (Lipinski definition) is 2. The molecule has 2 N–H and O–H groups in total. The molecular formula is C3H5ClF2O4S. The van der Waals surface area contributed by atoms with Crippen molar-refractivity contribution in [2.45, 2.75) is 17.2 Å². The van der Waals surface area contributed by atoms with Crippen molar-refractivity contribution in [1.29, 1.82) is 0 Å². The highest BCUT2D eigenvalue weighted by Gasteiger charge is 2.57. The maximum atomic E-state index is 12.1. The molecule has 68 valence electrons. The van der Waals surface area contributed by atoms with Crippen molar-refractivity contribution in [3.63, 3.8) is 0 Å². The van der Waals surface area contributed by atoms with E-state index < -0.39 is 20.4 Å². The molecule has 0 bridgehead atoms. The first kappa shape index (κ1) is 11.0. The number of rotatable bonds is 2. The van der Waals surface area contributed by atoms with Gasteiger partial charge in [0.05, 0.1) is 0 Å². The molecule has 0 saturated carbocycles. The van der Waals surface area contributed by atoms with Crippen LogP contribution in [0.5, 0.6) is 0 Å². The number of halogens is 3. The van der Waals surface area contributed by atoms with Gasteiger partial charge in [-0.25, -0.2) is 8.78 Å². The Labute approximate surface area is 66.5 Å². The number of hydrogen-bond acceptors (Lipinski definition) is 3.